The fourth-order valence-electron chi connectivity index (χ4n) is 2.74. The van der Waals surface area contributed by atoms with Gasteiger partial charge >= 0.3 is 0 Å². The number of benzene rings is 1. The Morgan fingerprint density at radius 3 is 2.62 bits per heavy atom. The van der Waals surface area contributed by atoms with Gasteiger partial charge in [-0.2, -0.15) is 0 Å². The molecule has 1 fully saturated rings. The van der Waals surface area contributed by atoms with Crippen LogP contribution in [0.5, 0.6) is 0 Å². The third-order valence-corrected chi connectivity index (χ3v) is 5.17. The molecule has 4 nitrogen and oxygen atoms in total. The predicted molar refractivity (Wildman–Crippen MR) is 98.1 cm³/mol. The number of thioether (sulfide) groups is 1. The number of aromatic nitrogens is 1. The van der Waals surface area contributed by atoms with Crippen molar-refractivity contribution in [1.29, 1.82) is 0 Å². The highest BCUT2D eigenvalue weighted by atomic mass is 32.2. The molecule has 124 valence electrons. The first kappa shape index (κ1) is 16.6. The summed E-state index contributed by atoms with van der Waals surface area (Å²) in [6.45, 7) is 5.92. The van der Waals surface area contributed by atoms with Crippen LogP contribution in [0.2, 0.25) is 0 Å². The van der Waals surface area contributed by atoms with Crippen molar-refractivity contribution in [1.82, 2.24) is 9.47 Å². The first-order chi connectivity index (χ1) is 11.5. The molecule has 0 bridgehead atoms. The summed E-state index contributed by atoms with van der Waals surface area (Å²) in [5.41, 5.74) is 3.10. The molecular weight excluding hydrogens is 320 g/mol. The van der Waals surface area contributed by atoms with Crippen molar-refractivity contribution < 1.29 is 9.59 Å². The Morgan fingerprint density at radius 2 is 1.92 bits per heavy atom. The van der Waals surface area contributed by atoms with E-state index in [1.165, 1.54) is 4.90 Å². The summed E-state index contributed by atoms with van der Waals surface area (Å²) in [6.07, 6.45) is 4.53. The van der Waals surface area contributed by atoms with Crippen LogP contribution in [0.4, 0.5) is 4.79 Å². The van der Waals surface area contributed by atoms with Crippen molar-refractivity contribution in [2.45, 2.75) is 33.2 Å². The Labute approximate surface area is 146 Å². The molecule has 3 rings (SSSR count). The largest absolute Gasteiger partial charge is 0.317 e. The topological polar surface area (TPSA) is 42.3 Å². The summed E-state index contributed by atoms with van der Waals surface area (Å²) >= 11 is 1.02. The Balaban J connectivity index is 1.97. The molecule has 2 aromatic rings. The average molecular weight is 340 g/mol. The van der Waals surface area contributed by atoms with Crippen molar-refractivity contribution in [2.24, 2.45) is 0 Å². The molecule has 1 atom stereocenters. The molecule has 0 radical (unpaired) electrons. The summed E-state index contributed by atoms with van der Waals surface area (Å²) in [5.74, 6) is -0.197. The Kier molecular flexibility index (Phi) is 4.62. The minimum Gasteiger partial charge on any atom is -0.317 e. The van der Waals surface area contributed by atoms with Crippen LogP contribution in [-0.2, 0) is 4.79 Å². The molecule has 5 heteroatoms. The summed E-state index contributed by atoms with van der Waals surface area (Å²) in [7, 11) is 0. The van der Waals surface area contributed by atoms with E-state index in [9.17, 15) is 9.59 Å². The van der Waals surface area contributed by atoms with Crippen molar-refractivity contribution in [3.63, 3.8) is 0 Å². The van der Waals surface area contributed by atoms with Crippen LogP contribution in [0, 0.1) is 6.92 Å². The minimum absolute atomic E-state index is 0.0773. The number of imide groups is 1. The smallest absolute Gasteiger partial charge is 0.293 e. The molecule has 0 unspecified atom stereocenters. The SMILES string of the molecule is CC[C@@H](C)N1C(=O)S/C(=C\c2cccn2-c2ccccc2C)C1=O. The van der Waals surface area contributed by atoms with Crippen molar-refractivity contribution in [3.05, 3.63) is 58.8 Å². The standard InChI is InChI=1S/C19H20N2O2S/c1-4-14(3)21-18(22)17(24-19(21)23)12-15-9-7-11-20(15)16-10-6-5-8-13(16)2/h5-12,14H,4H2,1-3H3/b17-12-/t14-/m1/s1. The molecule has 1 aliphatic rings. The van der Waals surface area contributed by atoms with Gasteiger partial charge in [-0.1, -0.05) is 25.1 Å². The molecule has 24 heavy (non-hydrogen) atoms. The summed E-state index contributed by atoms with van der Waals surface area (Å²) < 4.78 is 2.03. The quantitative estimate of drug-likeness (QED) is 0.763. The van der Waals surface area contributed by atoms with Crippen LogP contribution in [0.15, 0.2) is 47.5 Å². The first-order valence-corrected chi connectivity index (χ1v) is 8.85. The van der Waals surface area contributed by atoms with Crippen LogP contribution < -0.4 is 0 Å². The lowest BCUT2D eigenvalue weighted by molar-refractivity contribution is -0.124. The second kappa shape index (κ2) is 6.69. The van der Waals surface area contributed by atoms with Crippen molar-refractivity contribution in [3.8, 4) is 5.69 Å². The van der Waals surface area contributed by atoms with E-state index in [0.717, 1.165) is 35.1 Å². The third-order valence-electron chi connectivity index (χ3n) is 4.29. The van der Waals surface area contributed by atoms with Gasteiger partial charge in [0.2, 0.25) is 0 Å². The number of aryl methyl sites for hydroxylation is 1. The van der Waals surface area contributed by atoms with E-state index in [1.807, 2.05) is 54.9 Å². The number of carbonyl (C=O) groups is 2. The minimum atomic E-state index is -0.197. The summed E-state index contributed by atoms with van der Waals surface area (Å²) in [5, 5.41) is -0.186. The Hall–Kier alpha value is -2.27. The van der Waals surface area contributed by atoms with Crippen LogP contribution in [0.1, 0.15) is 31.5 Å². The second-order valence-electron chi connectivity index (χ2n) is 5.90. The number of rotatable bonds is 4. The lowest BCUT2D eigenvalue weighted by Gasteiger charge is -2.19. The molecule has 1 aromatic carbocycles. The number of para-hydroxylation sites is 1. The maximum absolute atomic E-state index is 12.6. The lowest BCUT2D eigenvalue weighted by atomic mass is 10.2. The normalized spacial score (nSPS) is 17.8. The van der Waals surface area contributed by atoms with Crippen molar-refractivity contribution in [2.75, 3.05) is 0 Å². The number of carbonyl (C=O) groups excluding carboxylic acids is 2. The van der Waals surface area contributed by atoms with Gasteiger partial charge < -0.3 is 4.57 Å². The maximum Gasteiger partial charge on any atom is 0.293 e. The molecule has 1 aliphatic heterocycles. The van der Waals surface area contributed by atoms with Gasteiger partial charge in [0, 0.05) is 23.6 Å². The van der Waals surface area contributed by atoms with Crippen LogP contribution >= 0.6 is 11.8 Å². The average Bonchev–Trinajstić information content (AvgIpc) is 3.12. The Morgan fingerprint density at radius 1 is 1.17 bits per heavy atom. The molecule has 0 spiro atoms. The Bertz CT molecular complexity index is 822. The molecule has 0 N–H and O–H groups in total. The van der Waals surface area contributed by atoms with E-state index < -0.39 is 0 Å². The molecule has 0 aliphatic carbocycles. The first-order valence-electron chi connectivity index (χ1n) is 8.03. The zero-order valence-electron chi connectivity index (χ0n) is 14.0. The molecule has 1 saturated heterocycles. The van der Waals surface area contributed by atoms with E-state index in [2.05, 4.69) is 13.0 Å². The molecule has 2 heterocycles. The molecule has 2 amide bonds. The molecular formula is C19H20N2O2S. The highest BCUT2D eigenvalue weighted by Crippen LogP contribution is 2.34. The van der Waals surface area contributed by atoms with E-state index in [1.54, 1.807) is 6.08 Å². The van der Waals surface area contributed by atoms with Gasteiger partial charge in [-0.25, -0.2) is 0 Å². The highest BCUT2D eigenvalue weighted by Gasteiger charge is 2.37. The highest BCUT2D eigenvalue weighted by molar-refractivity contribution is 8.18. The van der Waals surface area contributed by atoms with Crippen LogP contribution in [-0.4, -0.2) is 26.7 Å². The zero-order valence-corrected chi connectivity index (χ0v) is 14.8. The number of hydrogen-bond acceptors (Lipinski definition) is 3. The fraction of sp³-hybridized carbons (Fsp3) is 0.263. The second-order valence-corrected chi connectivity index (χ2v) is 6.89. The predicted octanol–water partition coefficient (Wildman–Crippen LogP) is 4.62. The number of hydrogen-bond donors (Lipinski definition) is 0. The van der Waals surface area contributed by atoms with E-state index in [4.69, 9.17) is 0 Å². The van der Waals surface area contributed by atoms with E-state index in [0.29, 0.717) is 4.91 Å². The summed E-state index contributed by atoms with van der Waals surface area (Å²) in [6, 6.07) is 11.9. The van der Waals surface area contributed by atoms with Gasteiger partial charge in [0.05, 0.1) is 4.91 Å². The van der Waals surface area contributed by atoms with E-state index in [-0.39, 0.29) is 17.2 Å². The van der Waals surface area contributed by atoms with Gasteiger partial charge in [0.15, 0.2) is 0 Å². The molecule has 1 aromatic heterocycles. The zero-order chi connectivity index (χ0) is 17.3. The monoisotopic (exact) mass is 340 g/mol. The van der Waals surface area contributed by atoms with Gasteiger partial charge in [-0.05, 0) is 61.9 Å². The van der Waals surface area contributed by atoms with Gasteiger partial charge in [0.1, 0.15) is 0 Å². The fourth-order valence-corrected chi connectivity index (χ4v) is 3.66. The maximum atomic E-state index is 12.6. The van der Waals surface area contributed by atoms with Crippen molar-refractivity contribution >= 4 is 29.0 Å². The number of nitrogens with zero attached hydrogens (tertiary/aromatic N) is 2. The van der Waals surface area contributed by atoms with Crippen LogP contribution in [0.25, 0.3) is 11.8 Å². The van der Waals surface area contributed by atoms with Crippen LogP contribution in [0.3, 0.4) is 0 Å². The number of amides is 2. The van der Waals surface area contributed by atoms with Gasteiger partial charge in [-0.15, -0.1) is 0 Å². The molecule has 0 saturated carbocycles. The summed E-state index contributed by atoms with van der Waals surface area (Å²) in [4.78, 5) is 26.6. The third kappa shape index (κ3) is 2.91. The lowest BCUT2D eigenvalue weighted by Crippen LogP contribution is -2.36. The van der Waals surface area contributed by atoms with Gasteiger partial charge in [-0.3, -0.25) is 14.5 Å². The van der Waals surface area contributed by atoms with Gasteiger partial charge in [0.25, 0.3) is 11.1 Å². The van der Waals surface area contributed by atoms with E-state index >= 15 is 0 Å².